The van der Waals surface area contributed by atoms with Gasteiger partial charge in [0.1, 0.15) is 5.82 Å². The third-order valence-corrected chi connectivity index (χ3v) is 3.56. The summed E-state index contributed by atoms with van der Waals surface area (Å²) in [6, 6.07) is 5.08. The van der Waals surface area contributed by atoms with Crippen LogP contribution in [0.2, 0.25) is 0 Å². The number of hydrogen-bond donors (Lipinski definition) is 1. The second kappa shape index (κ2) is 6.72. The van der Waals surface area contributed by atoms with E-state index in [-0.39, 0.29) is 11.9 Å². The first-order valence-corrected chi connectivity index (χ1v) is 7.22. The first kappa shape index (κ1) is 15.5. The van der Waals surface area contributed by atoms with Crippen LogP contribution in [0.25, 0.3) is 0 Å². The highest BCUT2D eigenvalue weighted by Crippen LogP contribution is 2.27. The standard InChI is InChI=1S/C16H23FN4/c1-5-18-12(2)15-8-14(17)6-7-16(15)20(3)10-13-9-19-21(4)11-13/h6-9,11-12,18H,5,10H2,1-4H3. The van der Waals surface area contributed by atoms with E-state index in [9.17, 15) is 4.39 Å². The van der Waals surface area contributed by atoms with E-state index in [1.165, 1.54) is 6.07 Å². The number of anilines is 1. The average molecular weight is 290 g/mol. The van der Waals surface area contributed by atoms with Crippen LogP contribution in [0, 0.1) is 5.82 Å². The summed E-state index contributed by atoms with van der Waals surface area (Å²) in [5, 5.41) is 7.52. The molecule has 114 valence electrons. The number of nitrogens with one attached hydrogen (secondary N) is 1. The summed E-state index contributed by atoms with van der Waals surface area (Å²) in [5.74, 6) is -0.201. The summed E-state index contributed by atoms with van der Waals surface area (Å²) >= 11 is 0. The third-order valence-electron chi connectivity index (χ3n) is 3.56. The minimum atomic E-state index is -0.201. The molecule has 4 nitrogen and oxygen atoms in total. The molecule has 0 aliphatic rings. The molecule has 1 heterocycles. The van der Waals surface area contributed by atoms with Crippen LogP contribution < -0.4 is 10.2 Å². The second-order valence-electron chi connectivity index (χ2n) is 5.36. The molecule has 1 aromatic heterocycles. The minimum absolute atomic E-state index is 0.108. The Labute approximate surface area is 125 Å². The lowest BCUT2D eigenvalue weighted by Gasteiger charge is -2.25. The van der Waals surface area contributed by atoms with Crippen LogP contribution in [-0.4, -0.2) is 23.4 Å². The molecule has 2 rings (SSSR count). The number of halogens is 1. The van der Waals surface area contributed by atoms with Crippen molar-refractivity contribution in [2.45, 2.75) is 26.4 Å². The van der Waals surface area contributed by atoms with Crippen LogP contribution in [0.3, 0.4) is 0 Å². The van der Waals surface area contributed by atoms with E-state index in [0.717, 1.165) is 29.9 Å². The highest BCUT2D eigenvalue weighted by molar-refractivity contribution is 5.54. The fourth-order valence-corrected chi connectivity index (χ4v) is 2.55. The Kier molecular flexibility index (Phi) is 4.96. The highest BCUT2D eigenvalue weighted by Gasteiger charge is 2.14. The Morgan fingerprint density at radius 3 is 2.81 bits per heavy atom. The van der Waals surface area contributed by atoms with Crippen LogP contribution in [0.1, 0.15) is 31.0 Å². The van der Waals surface area contributed by atoms with Crippen molar-refractivity contribution in [1.29, 1.82) is 0 Å². The van der Waals surface area contributed by atoms with Crippen molar-refractivity contribution in [3.8, 4) is 0 Å². The predicted octanol–water partition coefficient (Wildman–Crippen LogP) is 2.87. The molecule has 0 saturated heterocycles. The van der Waals surface area contributed by atoms with Gasteiger partial charge in [-0.1, -0.05) is 6.92 Å². The van der Waals surface area contributed by atoms with Gasteiger partial charge >= 0.3 is 0 Å². The molecule has 1 aromatic carbocycles. The normalized spacial score (nSPS) is 12.4. The van der Waals surface area contributed by atoms with Gasteiger partial charge < -0.3 is 10.2 Å². The van der Waals surface area contributed by atoms with Gasteiger partial charge in [-0.15, -0.1) is 0 Å². The van der Waals surface area contributed by atoms with Gasteiger partial charge in [0, 0.05) is 44.1 Å². The van der Waals surface area contributed by atoms with Crippen molar-refractivity contribution in [3.63, 3.8) is 0 Å². The summed E-state index contributed by atoms with van der Waals surface area (Å²) in [6.07, 6.45) is 3.85. The van der Waals surface area contributed by atoms with Gasteiger partial charge in [0.2, 0.25) is 0 Å². The molecule has 1 atom stereocenters. The Balaban J connectivity index is 2.25. The zero-order valence-corrected chi connectivity index (χ0v) is 13.1. The summed E-state index contributed by atoms with van der Waals surface area (Å²) < 4.78 is 15.4. The number of aryl methyl sites for hydroxylation is 1. The number of rotatable bonds is 6. The molecule has 0 bridgehead atoms. The Hall–Kier alpha value is -1.88. The molecule has 21 heavy (non-hydrogen) atoms. The van der Waals surface area contributed by atoms with Gasteiger partial charge in [-0.25, -0.2) is 4.39 Å². The third kappa shape index (κ3) is 3.82. The molecule has 5 heteroatoms. The first-order chi connectivity index (χ1) is 10.0. The maximum Gasteiger partial charge on any atom is 0.123 e. The molecule has 1 N–H and O–H groups in total. The topological polar surface area (TPSA) is 33.1 Å². The first-order valence-electron chi connectivity index (χ1n) is 7.22. The van der Waals surface area contributed by atoms with Crippen molar-refractivity contribution in [1.82, 2.24) is 15.1 Å². The number of hydrogen-bond acceptors (Lipinski definition) is 3. The van der Waals surface area contributed by atoms with Crippen molar-refractivity contribution in [2.24, 2.45) is 7.05 Å². The number of nitrogens with zero attached hydrogens (tertiary/aromatic N) is 3. The molecule has 0 aliphatic heterocycles. The SMILES string of the molecule is CCNC(C)c1cc(F)ccc1N(C)Cc1cnn(C)c1. The lowest BCUT2D eigenvalue weighted by Crippen LogP contribution is -2.23. The average Bonchev–Trinajstić information content (AvgIpc) is 2.84. The predicted molar refractivity (Wildman–Crippen MR) is 83.8 cm³/mol. The number of benzene rings is 1. The molecular weight excluding hydrogens is 267 g/mol. The summed E-state index contributed by atoms with van der Waals surface area (Å²) in [4.78, 5) is 2.12. The van der Waals surface area contributed by atoms with Crippen LogP contribution in [0.4, 0.5) is 10.1 Å². The summed E-state index contributed by atoms with van der Waals surface area (Å²) in [7, 11) is 3.92. The van der Waals surface area contributed by atoms with E-state index >= 15 is 0 Å². The van der Waals surface area contributed by atoms with E-state index in [1.807, 2.05) is 32.6 Å². The van der Waals surface area contributed by atoms with E-state index in [0.29, 0.717) is 0 Å². The van der Waals surface area contributed by atoms with Crippen LogP contribution in [0.5, 0.6) is 0 Å². The van der Waals surface area contributed by atoms with Gasteiger partial charge in [0.15, 0.2) is 0 Å². The van der Waals surface area contributed by atoms with Crippen LogP contribution >= 0.6 is 0 Å². The van der Waals surface area contributed by atoms with E-state index in [1.54, 1.807) is 10.7 Å². The lowest BCUT2D eigenvalue weighted by molar-refractivity contribution is 0.581. The minimum Gasteiger partial charge on any atom is -0.370 e. The van der Waals surface area contributed by atoms with Gasteiger partial charge in [0.25, 0.3) is 0 Å². The van der Waals surface area contributed by atoms with Crippen molar-refractivity contribution in [2.75, 3.05) is 18.5 Å². The molecule has 0 fully saturated rings. The van der Waals surface area contributed by atoms with Gasteiger partial charge in [0.05, 0.1) is 6.20 Å². The van der Waals surface area contributed by atoms with E-state index in [4.69, 9.17) is 0 Å². The fraction of sp³-hybridized carbons (Fsp3) is 0.438. The smallest absolute Gasteiger partial charge is 0.123 e. The van der Waals surface area contributed by atoms with Crippen molar-refractivity contribution in [3.05, 3.63) is 47.5 Å². The molecule has 1 unspecified atom stereocenters. The maximum absolute atomic E-state index is 13.6. The zero-order valence-electron chi connectivity index (χ0n) is 13.1. The number of aromatic nitrogens is 2. The summed E-state index contributed by atoms with van der Waals surface area (Å²) in [5.41, 5.74) is 3.14. The fourth-order valence-electron chi connectivity index (χ4n) is 2.55. The zero-order chi connectivity index (χ0) is 15.4. The second-order valence-corrected chi connectivity index (χ2v) is 5.36. The molecule has 2 aromatic rings. The molecule has 0 saturated carbocycles. The quantitative estimate of drug-likeness (QED) is 0.888. The van der Waals surface area contributed by atoms with E-state index < -0.39 is 0 Å². The largest absolute Gasteiger partial charge is 0.370 e. The van der Waals surface area contributed by atoms with Crippen LogP contribution in [0.15, 0.2) is 30.6 Å². The van der Waals surface area contributed by atoms with Gasteiger partial charge in [-0.05, 0) is 37.2 Å². The molecule has 0 radical (unpaired) electrons. The molecule has 0 spiro atoms. The van der Waals surface area contributed by atoms with E-state index in [2.05, 4.69) is 29.2 Å². The van der Waals surface area contributed by atoms with Crippen molar-refractivity contribution < 1.29 is 4.39 Å². The molecule has 0 amide bonds. The Morgan fingerprint density at radius 2 is 2.19 bits per heavy atom. The summed E-state index contributed by atoms with van der Waals surface area (Å²) in [6.45, 7) is 5.70. The maximum atomic E-state index is 13.6. The molecule has 0 aliphatic carbocycles. The van der Waals surface area contributed by atoms with Gasteiger partial charge in [-0.2, -0.15) is 5.10 Å². The Bertz CT molecular complexity index is 594. The Morgan fingerprint density at radius 1 is 1.43 bits per heavy atom. The lowest BCUT2D eigenvalue weighted by atomic mass is 10.0. The van der Waals surface area contributed by atoms with Crippen LogP contribution in [-0.2, 0) is 13.6 Å². The highest BCUT2D eigenvalue weighted by atomic mass is 19.1. The monoisotopic (exact) mass is 290 g/mol. The van der Waals surface area contributed by atoms with Gasteiger partial charge in [-0.3, -0.25) is 4.68 Å². The van der Waals surface area contributed by atoms with Crippen molar-refractivity contribution >= 4 is 5.69 Å². The molecular formula is C16H23FN4.